The van der Waals surface area contributed by atoms with Gasteiger partial charge in [-0.25, -0.2) is 0 Å². The molecule has 0 radical (unpaired) electrons. The average molecular weight is 328 g/mol. The SMILES string of the molecule is COc1ccc(C(=O)NCC2CCC(Br)C2)cc1O. The summed E-state index contributed by atoms with van der Waals surface area (Å²) in [6.45, 7) is 0.688. The van der Waals surface area contributed by atoms with Gasteiger partial charge < -0.3 is 15.2 Å². The zero-order valence-corrected chi connectivity index (χ0v) is 12.4. The molecule has 2 rings (SSSR count). The first-order valence-electron chi connectivity index (χ1n) is 6.39. The molecule has 1 saturated carbocycles. The Morgan fingerprint density at radius 1 is 1.53 bits per heavy atom. The molecule has 104 valence electrons. The maximum Gasteiger partial charge on any atom is 0.251 e. The van der Waals surface area contributed by atoms with Gasteiger partial charge >= 0.3 is 0 Å². The number of benzene rings is 1. The fourth-order valence-corrected chi connectivity index (χ4v) is 3.16. The van der Waals surface area contributed by atoms with Crippen molar-refractivity contribution in [1.82, 2.24) is 5.32 Å². The molecule has 1 aliphatic rings. The maximum absolute atomic E-state index is 12.0. The lowest BCUT2D eigenvalue weighted by atomic mass is 10.1. The van der Waals surface area contributed by atoms with Crippen molar-refractivity contribution in [3.63, 3.8) is 0 Å². The van der Waals surface area contributed by atoms with Crippen molar-refractivity contribution in [1.29, 1.82) is 0 Å². The van der Waals surface area contributed by atoms with Crippen LogP contribution in [0.4, 0.5) is 0 Å². The number of aromatic hydroxyl groups is 1. The Hall–Kier alpha value is -1.23. The van der Waals surface area contributed by atoms with Crippen LogP contribution in [-0.4, -0.2) is 29.5 Å². The first kappa shape index (κ1) is 14.2. The second kappa shape index (κ2) is 6.28. The Labute approximate surface area is 121 Å². The zero-order valence-electron chi connectivity index (χ0n) is 10.9. The molecule has 4 nitrogen and oxygen atoms in total. The first-order valence-corrected chi connectivity index (χ1v) is 7.31. The number of alkyl halides is 1. The van der Waals surface area contributed by atoms with Crippen molar-refractivity contribution in [3.05, 3.63) is 23.8 Å². The molecular weight excluding hydrogens is 310 g/mol. The standard InChI is InChI=1S/C14H18BrNO3/c1-19-13-5-3-10(7-12(13)17)14(18)16-8-9-2-4-11(15)6-9/h3,5,7,9,11,17H,2,4,6,8H2,1H3,(H,16,18). The number of hydrogen-bond acceptors (Lipinski definition) is 3. The number of nitrogens with one attached hydrogen (secondary N) is 1. The zero-order chi connectivity index (χ0) is 13.8. The van der Waals surface area contributed by atoms with Crippen LogP contribution in [0.1, 0.15) is 29.6 Å². The monoisotopic (exact) mass is 327 g/mol. The number of carbonyl (C=O) groups excluding carboxylic acids is 1. The fraction of sp³-hybridized carbons (Fsp3) is 0.500. The number of hydrogen-bond donors (Lipinski definition) is 2. The Morgan fingerprint density at radius 2 is 2.32 bits per heavy atom. The summed E-state index contributed by atoms with van der Waals surface area (Å²) in [7, 11) is 1.48. The highest BCUT2D eigenvalue weighted by atomic mass is 79.9. The highest BCUT2D eigenvalue weighted by Gasteiger charge is 2.23. The second-order valence-corrected chi connectivity index (χ2v) is 6.17. The quantitative estimate of drug-likeness (QED) is 0.836. The maximum atomic E-state index is 12.0. The van der Waals surface area contributed by atoms with Crippen LogP contribution in [0, 0.1) is 5.92 Å². The highest BCUT2D eigenvalue weighted by Crippen LogP contribution is 2.30. The van der Waals surface area contributed by atoms with Gasteiger partial charge in [-0.3, -0.25) is 4.79 Å². The predicted molar refractivity (Wildman–Crippen MR) is 77.0 cm³/mol. The lowest BCUT2D eigenvalue weighted by Crippen LogP contribution is -2.28. The number of phenols is 1. The van der Waals surface area contributed by atoms with E-state index in [1.165, 1.54) is 19.6 Å². The van der Waals surface area contributed by atoms with Gasteiger partial charge in [-0.05, 0) is 43.4 Å². The first-order chi connectivity index (χ1) is 9.10. The smallest absolute Gasteiger partial charge is 0.251 e. The molecule has 19 heavy (non-hydrogen) atoms. The van der Waals surface area contributed by atoms with Crippen molar-refractivity contribution >= 4 is 21.8 Å². The van der Waals surface area contributed by atoms with E-state index in [1.807, 2.05) is 0 Å². The Morgan fingerprint density at radius 3 is 2.89 bits per heavy atom. The van der Waals surface area contributed by atoms with Gasteiger partial charge in [0.25, 0.3) is 5.91 Å². The average Bonchev–Trinajstić information content (AvgIpc) is 2.81. The van der Waals surface area contributed by atoms with Crippen LogP contribution in [0.2, 0.25) is 0 Å². The summed E-state index contributed by atoms with van der Waals surface area (Å²) < 4.78 is 4.95. The number of phenolic OH excluding ortho intramolecular Hbond substituents is 1. The van der Waals surface area contributed by atoms with Crippen LogP contribution >= 0.6 is 15.9 Å². The second-order valence-electron chi connectivity index (χ2n) is 4.87. The van der Waals surface area contributed by atoms with Crippen LogP contribution in [0.5, 0.6) is 11.5 Å². The summed E-state index contributed by atoms with van der Waals surface area (Å²) in [5, 5.41) is 12.6. The van der Waals surface area contributed by atoms with Gasteiger partial charge in [0, 0.05) is 16.9 Å². The molecule has 0 aliphatic heterocycles. The summed E-state index contributed by atoms with van der Waals surface area (Å²) in [5.41, 5.74) is 0.451. The molecule has 2 unspecified atom stereocenters. The van der Waals surface area contributed by atoms with E-state index in [0.29, 0.717) is 28.6 Å². The van der Waals surface area contributed by atoms with Crippen molar-refractivity contribution in [2.24, 2.45) is 5.92 Å². The summed E-state index contributed by atoms with van der Waals surface area (Å²) >= 11 is 3.60. The fourth-order valence-electron chi connectivity index (χ4n) is 2.37. The van der Waals surface area contributed by atoms with E-state index in [2.05, 4.69) is 21.2 Å². The van der Waals surface area contributed by atoms with Gasteiger partial charge in [0.15, 0.2) is 11.5 Å². The Balaban J connectivity index is 1.91. The lowest BCUT2D eigenvalue weighted by Gasteiger charge is -2.11. The number of methoxy groups -OCH3 is 1. The topological polar surface area (TPSA) is 58.6 Å². The number of halogens is 1. The number of ether oxygens (including phenoxy) is 1. The van der Waals surface area contributed by atoms with Gasteiger partial charge in [-0.1, -0.05) is 15.9 Å². The van der Waals surface area contributed by atoms with E-state index in [0.717, 1.165) is 12.8 Å². The van der Waals surface area contributed by atoms with Crippen LogP contribution in [0.25, 0.3) is 0 Å². The van der Waals surface area contributed by atoms with Gasteiger partial charge in [-0.15, -0.1) is 0 Å². The van der Waals surface area contributed by atoms with Crippen molar-refractivity contribution < 1.29 is 14.6 Å². The third kappa shape index (κ3) is 3.62. The van der Waals surface area contributed by atoms with Gasteiger partial charge in [0.05, 0.1) is 7.11 Å². The molecule has 1 aliphatic carbocycles. The van der Waals surface area contributed by atoms with Crippen LogP contribution in [0.15, 0.2) is 18.2 Å². The molecule has 0 saturated heterocycles. The van der Waals surface area contributed by atoms with Gasteiger partial charge in [0.1, 0.15) is 0 Å². The van der Waals surface area contributed by atoms with Crippen molar-refractivity contribution in [2.75, 3.05) is 13.7 Å². The molecule has 2 N–H and O–H groups in total. The molecular formula is C14H18BrNO3. The molecule has 1 aromatic carbocycles. The van der Waals surface area contributed by atoms with E-state index in [9.17, 15) is 9.90 Å². The Bertz CT molecular complexity index is 464. The number of rotatable bonds is 4. The molecule has 1 fully saturated rings. The predicted octanol–water partition coefficient (Wildman–Crippen LogP) is 2.69. The number of carbonyl (C=O) groups is 1. The number of amides is 1. The molecule has 0 spiro atoms. The molecule has 1 amide bonds. The van der Waals surface area contributed by atoms with Crippen LogP contribution in [-0.2, 0) is 0 Å². The third-order valence-corrected chi connectivity index (χ3v) is 4.30. The summed E-state index contributed by atoms with van der Waals surface area (Å²) in [6, 6.07) is 4.67. The molecule has 0 aromatic heterocycles. The van der Waals surface area contributed by atoms with E-state index < -0.39 is 0 Å². The van der Waals surface area contributed by atoms with Crippen LogP contribution in [0.3, 0.4) is 0 Å². The minimum absolute atomic E-state index is 0.0171. The van der Waals surface area contributed by atoms with E-state index in [4.69, 9.17) is 4.74 Å². The summed E-state index contributed by atoms with van der Waals surface area (Å²) in [6.07, 6.45) is 3.42. The van der Waals surface area contributed by atoms with E-state index in [1.54, 1.807) is 12.1 Å². The molecule has 0 bridgehead atoms. The van der Waals surface area contributed by atoms with E-state index in [-0.39, 0.29) is 11.7 Å². The minimum atomic E-state index is -0.157. The van der Waals surface area contributed by atoms with E-state index >= 15 is 0 Å². The normalized spacial score (nSPS) is 22.2. The van der Waals surface area contributed by atoms with Gasteiger partial charge in [0.2, 0.25) is 0 Å². The van der Waals surface area contributed by atoms with Crippen molar-refractivity contribution in [2.45, 2.75) is 24.1 Å². The third-order valence-electron chi connectivity index (χ3n) is 3.47. The molecule has 1 aromatic rings. The highest BCUT2D eigenvalue weighted by molar-refractivity contribution is 9.09. The summed E-state index contributed by atoms with van der Waals surface area (Å²) in [4.78, 5) is 12.5. The minimum Gasteiger partial charge on any atom is -0.504 e. The van der Waals surface area contributed by atoms with Gasteiger partial charge in [-0.2, -0.15) is 0 Å². The lowest BCUT2D eigenvalue weighted by molar-refractivity contribution is 0.0947. The van der Waals surface area contributed by atoms with Crippen LogP contribution < -0.4 is 10.1 Å². The largest absolute Gasteiger partial charge is 0.504 e. The molecule has 5 heteroatoms. The summed E-state index contributed by atoms with van der Waals surface area (Å²) in [5.74, 6) is 0.738. The Kier molecular flexibility index (Phi) is 4.69. The molecule has 0 heterocycles. The molecule has 2 atom stereocenters. The van der Waals surface area contributed by atoms with Crippen molar-refractivity contribution in [3.8, 4) is 11.5 Å².